The predicted molar refractivity (Wildman–Crippen MR) is 130 cm³/mol. The molecule has 0 fully saturated rings. The fraction of sp³-hybridized carbons (Fsp3) is 0.0345. The minimum atomic E-state index is -0.0516. The molecule has 0 heterocycles. The number of nitriles is 1. The van der Waals surface area contributed by atoms with E-state index in [2.05, 4.69) is 66.0 Å². The van der Waals surface area contributed by atoms with E-state index in [-0.39, 0.29) is 5.78 Å². The van der Waals surface area contributed by atoms with Gasteiger partial charge in [-0.15, -0.1) is 0 Å². The van der Waals surface area contributed by atoms with Crippen molar-refractivity contribution in [2.45, 2.75) is 0 Å². The zero-order chi connectivity index (χ0) is 21.8. The van der Waals surface area contributed by atoms with E-state index in [1.807, 2.05) is 30.3 Å². The number of fused-ring (bicyclic) bond motifs is 1. The number of nitrogens with zero attached hydrogens (tertiary/aromatic N) is 1. The topological polar surface area (TPSA) is 52.9 Å². The average Bonchev–Trinajstić information content (AvgIpc) is 3.11. The van der Waals surface area contributed by atoms with Crippen LogP contribution in [0.2, 0.25) is 0 Å². The molecule has 150 valence electrons. The van der Waals surface area contributed by atoms with Gasteiger partial charge in [-0.25, -0.2) is 0 Å². The number of carbonyl (C=O) groups excluding carboxylic acids is 1. The summed E-state index contributed by atoms with van der Waals surface area (Å²) in [5, 5.41) is 19.8. The minimum Gasteiger partial charge on any atom is -0.379 e. The van der Waals surface area contributed by atoms with Gasteiger partial charge in [-0.1, -0.05) is 78.9 Å². The molecule has 6 rings (SSSR count). The molecule has 5 aromatic carbocycles. The quantitative estimate of drug-likeness (QED) is 0.211. The maximum Gasteiger partial charge on any atom is 0.194 e. The third-order valence-electron chi connectivity index (χ3n) is 6.43. The van der Waals surface area contributed by atoms with E-state index in [0.717, 1.165) is 16.5 Å². The number of benzene rings is 5. The first-order valence-electron chi connectivity index (χ1n) is 10.6. The lowest BCUT2D eigenvalue weighted by atomic mass is 9.91. The highest BCUT2D eigenvalue weighted by Gasteiger charge is 2.32. The summed E-state index contributed by atoms with van der Waals surface area (Å²) >= 11 is 0. The molecule has 1 N–H and O–H groups in total. The highest BCUT2D eigenvalue weighted by molar-refractivity contribution is 6.30. The molecule has 0 spiro atoms. The Balaban J connectivity index is 1.68. The Morgan fingerprint density at radius 2 is 1.47 bits per heavy atom. The molecular formula is C29H18N2O. The first kappa shape index (κ1) is 18.4. The van der Waals surface area contributed by atoms with Crippen LogP contribution < -0.4 is 5.32 Å². The number of Topliss-reactive ketones (excluding diaryl/α,β-unsaturated/α-hetero) is 1. The van der Waals surface area contributed by atoms with E-state index < -0.39 is 0 Å². The van der Waals surface area contributed by atoms with Crippen molar-refractivity contribution in [3.63, 3.8) is 0 Å². The summed E-state index contributed by atoms with van der Waals surface area (Å²) in [6, 6.07) is 28.8. The van der Waals surface area contributed by atoms with Crippen LogP contribution in [0.1, 0.15) is 21.5 Å². The van der Waals surface area contributed by atoms with Crippen LogP contribution >= 0.6 is 0 Å². The van der Waals surface area contributed by atoms with Gasteiger partial charge in [0.1, 0.15) is 11.8 Å². The third-order valence-corrected chi connectivity index (χ3v) is 6.43. The van der Waals surface area contributed by atoms with Gasteiger partial charge in [0.15, 0.2) is 5.78 Å². The van der Waals surface area contributed by atoms with Gasteiger partial charge in [0, 0.05) is 23.8 Å². The van der Waals surface area contributed by atoms with Crippen LogP contribution in [-0.2, 0) is 0 Å². The normalized spacial score (nSPS) is 16.1. The van der Waals surface area contributed by atoms with Gasteiger partial charge in [-0.3, -0.25) is 4.79 Å². The summed E-state index contributed by atoms with van der Waals surface area (Å²) in [7, 11) is 1.71. The van der Waals surface area contributed by atoms with E-state index in [4.69, 9.17) is 0 Å². The molecule has 0 saturated carbocycles. The van der Waals surface area contributed by atoms with Crippen LogP contribution in [0.15, 0.2) is 90.1 Å². The van der Waals surface area contributed by atoms with Gasteiger partial charge < -0.3 is 5.32 Å². The summed E-state index contributed by atoms with van der Waals surface area (Å²) in [5.41, 5.74) is 4.01. The molecule has 0 radical (unpaired) electrons. The first-order valence-corrected chi connectivity index (χ1v) is 10.6. The van der Waals surface area contributed by atoms with E-state index in [1.54, 1.807) is 7.05 Å². The summed E-state index contributed by atoms with van der Waals surface area (Å²) in [5.74, 6) is -0.0516. The van der Waals surface area contributed by atoms with Crippen LogP contribution in [0.5, 0.6) is 0 Å². The van der Waals surface area contributed by atoms with E-state index >= 15 is 0 Å². The number of carbonyl (C=O) groups is 1. The Morgan fingerprint density at radius 1 is 0.812 bits per heavy atom. The van der Waals surface area contributed by atoms with Gasteiger partial charge in [0.25, 0.3) is 0 Å². The zero-order valence-corrected chi connectivity index (χ0v) is 17.4. The number of rotatable bonds is 2. The monoisotopic (exact) mass is 410 g/mol. The second-order valence-electron chi connectivity index (χ2n) is 8.06. The standard InChI is InChI=1S/C29H18N2O/c1-31-25(16-30)28-22-7-2-3-8-23(22)29(32)24(28)15-20-12-11-19-10-9-17-5-4-6-18-13-14-21(20)27(19)26(17)18/h2-15,31H,1H3/b24-15-,28-25?. The fourth-order valence-electron chi connectivity index (χ4n) is 4.99. The van der Waals surface area contributed by atoms with Crippen molar-refractivity contribution in [2.75, 3.05) is 7.05 Å². The minimum absolute atomic E-state index is 0.0516. The van der Waals surface area contributed by atoms with Crippen LogP contribution in [-0.4, -0.2) is 12.8 Å². The lowest BCUT2D eigenvalue weighted by Gasteiger charge is -2.13. The van der Waals surface area contributed by atoms with E-state index in [9.17, 15) is 10.1 Å². The number of hydrogen-bond acceptors (Lipinski definition) is 3. The maximum absolute atomic E-state index is 13.4. The highest BCUT2D eigenvalue weighted by atomic mass is 16.1. The molecule has 0 saturated heterocycles. The van der Waals surface area contributed by atoms with Crippen LogP contribution in [0.4, 0.5) is 0 Å². The summed E-state index contributed by atoms with van der Waals surface area (Å²) in [6.45, 7) is 0. The lowest BCUT2D eigenvalue weighted by Crippen LogP contribution is -2.07. The molecule has 0 amide bonds. The number of nitrogens with one attached hydrogen (secondary N) is 1. The summed E-state index contributed by atoms with van der Waals surface area (Å²) < 4.78 is 0. The van der Waals surface area contributed by atoms with Crippen molar-refractivity contribution >= 4 is 49.7 Å². The van der Waals surface area contributed by atoms with Crippen molar-refractivity contribution in [3.05, 3.63) is 107 Å². The smallest absolute Gasteiger partial charge is 0.194 e. The van der Waals surface area contributed by atoms with Crippen molar-refractivity contribution in [1.82, 2.24) is 5.32 Å². The van der Waals surface area contributed by atoms with Crippen molar-refractivity contribution in [3.8, 4) is 6.07 Å². The molecule has 1 aliphatic rings. The maximum atomic E-state index is 13.4. The van der Waals surface area contributed by atoms with Crippen molar-refractivity contribution < 1.29 is 4.79 Å². The molecular weight excluding hydrogens is 392 g/mol. The van der Waals surface area contributed by atoms with Crippen molar-refractivity contribution in [1.29, 1.82) is 5.26 Å². The van der Waals surface area contributed by atoms with Crippen LogP contribution in [0, 0.1) is 11.3 Å². The van der Waals surface area contributed by atoms with Gasteiger partial charge in [0.2, 0.25) is 0 Å². The molecule has 32 heavy (non-hydrogen) atoms. The molecule has 0 aliphatic heterocycles. The molecule has 5 aromatic rings. The van der Waals surface area contributed by atoms with Gasteiger partial charge >= 0.3 is 0 Å². The van der Waals surface area contributed by atoms with Crippen molar-refractivity contribution in [2.24, 2.45) is 0 Å². The average molecular weight is 410 g/mol. The lowest BCUT2D eigenvalue weighted by molar-refractivity contribution is 0.104. The Kier molecular flexibility index (Phi) is 3.90. The van der Waals surface area contributed by atoms with Crippen LogP contribution in [0.25, 0.3) is 44.0 Å². The fourth-order valence-corrected chi connectivity index (χ4v) is 4.99. The molecule has 3 heteroatoms. The first-order chi connectivity index (χ1) is 15.7. The molecule has 0 atom stereocenters. The second kappa shape index (κ2) is 6.80. The molecule has 0 aromatic heterocycles. The summed E-state index contributed by atoms with van der Waals surface area (Å²) in [4.78, 5) is 13.4. The van der Waals surface area contributed by atoms with Crippen LogP contribution in [0.3, 0.4) is 0 Å². The molecule has 3 nitrogen and oxygen atoms in total. The Morgan fingerprint density at radius 3 is 2.19 bits per heavy atom. The predicted octanol–water partition coefficient (Wildman–Crippen LogP) is 6.32. The molecule has 0 unspecified atom stereocenters. The van der Waals surface area contributed by atoms with E-state index in [0.29, 0.717) is 22.4 Å². The SMILES string of the molecule is CNC(C#N)=C1/C(=C/c2ccc3ccc4cccc5ccc2c3c45)C(=O)c2ccccc21. The van der Waals surface area contributed by atoms with Gasteiger partial charge in [0.05, 0.1) is 0 Å². The number of ketones is 1. The Bertz CT molecular complexity index is 1670. The largest absolute Gasteiger partial charge is 0.379 e. The number of allylic oxidation sites excluding steroid dienone is 3. The second-order valence-corrected chi connectivity index (χ2v) is 8.06. The molecule has 0 bridgehead atoms. The highest BCUT2D eigenvalue weighted by Crippen LogP contribution is 2.41. The number of hydrogen-bond donors (Lipinski definition) is 1. The third kappa shape index (κ3) is 2.44. The van der Waals surface area contributed by atoms with E-state index in [1.165, 1.54) is 26.9 Å². The zero-order valence-electron chi connectivity index (χ0n) is 17.4. The van der Waals surface area contributed by atoms with Gasteiger partial charge in [-0.2, -0.15) is 5.26 Å². The molecule has 1 aliphatic carbocycles. The Labute approximate surface area is 185 Å². The summed E-state index contributed by atoms with van der Waals surface area (Å²) in [6.07, 6.45) is 1.94. The Hall–Kier alpha value is -4.42. The van der Waals surface area contributed by atoms with Gasteiger partial charge in [-0.05, 0) is 49.5 Å².